The largest absolute Gasteiger partial charge is 0.460 e. The minimum atomic E-state index is -1.43. The Morgan fingerprint density at radius 3 is 2.34 bits per heavy atom. The fraction of sp³-hybridized carbons (Fsp3) is 0.500. The van der Waals surface area contributed by atoms with Gasteiger partial charge in [-0.15, -0.1) is 0 Å². The standard InChI is InChI=1S/C40H49N5O8/c1-39(2,3)53-33(46)20-26-14-8-5-4-6-9-17-29-22-40(29,36(49)42-37(50)41-30-18-10-7-11-19-30)43-34(47)32-21-31(25-45(32)35(26)48)52-38(51)44-23-27-15-12-13-16-28(27)24-44/h7,9-13,15-19,26,29,31-32H,4-6,8,14,20-25H2,1-3H3,(H,43,47)(H2,41,42,49,50)/b17-9-/t26-,29-,31-,32+,40-/m1/s1. The predicted molar refractivity (Wildman–Crippen MR) is 195 cm³/mol. The van der Waals surface area contributed by atoms with E-state index >= 15 is 0 Å². The predicted octanol–water partition coefficient (Wildman–Crippen LogP) is 5.20. The van der Waals surface area contributed by atoms with Crippen molar-refractivity contribution in [2.75, 3.05) is 11.9 Å². The van der Waals surface area contributed by atoms with Crippen LogP contribution in [0, 0.1) is 11.8 Å². The van der Waals surface area contributed by atoms with Crippen LogP contribution in [0.4, 0.5) is 15.3 Å². The SMILES string of the molecule is CC(C)(C)OC(=O)C[C@H]1CCCCC/C=C\[C@@H]2C[C@@]2(C(=O)NC(=O)Nc2ccccc2)NC(=O)[C@@H]2C[C@@H](OC(=O)N3Cc4ccccc4C3)CN2C1=O. The van der Waals surface area contributed by atoms with E-state index in [0.29, 0.717) is 31.6 Å². The Morgan fingerprint density at radius 2 is 1.64 bits per heavy atom. The van der Waals surface area contributed by atoms with Gasteiger partial charge in [0.1, 0.15) is 23.3 Å². The third-order valence-electron chi connectivity index (χ3n) is 10.2. The number of benzene rings is 2. The summed E-state index contributed by atoms with van der Waals surface area (Å²) in [5, 5.41) is 7.93. The lowest BCUT2D eigenvalue weighted by molar-refractivity contribution is -0.159. The third-order valence-corrected chi connectivity index (χ3v) is 10.2. The van der Waals surface area contributed by atoms with Crippen molar-refractivity contribution in [1.29, 1.82) is 0 Å². The number of ether oxygens (including phenoxy) is 2. The maximum atomic E-state index is 14.4. The van der Waals surface area contributed by atoms with E-state index in [1.165, 1.54) is 4.90 Å². The van der Waals surface area contributed by atoms with Gasteiger partial charge in [0, 0.05) is 37.0 Å². The zero-order chi connectivity index (χ0) is 37.8. The fourth-order valence-corrected chi connectivity index (χ4v) is 7.46. The Hall–Kier alpha value is -5.20. The molecule has 3 N–H and O–H groups in total. The molecular formula is C40H49N5O8. The number of hydrogen-bond acceptors (Lipinski definition) is 8. The first kappa shape index (κ1) is 37.6. The zero-order valence-corrected chi connectivity index (χ0v) is 30.6. The van der Waals surface area contributed by atoms with Crippen LogP contribution in [0.15, 0.2) is 66.7 Å². The maximum absolute atomic E-state index is 14.4. The molecule has 3 aliphatic heterocycles. The van der Waals surface area contributed by atoms with Crippen molar-refractivity contribution < 1.29 is 38.2 Å². The molecule has 4 aliphatic rings. The lowest BCUT2D eigenvalue weighted by Crippen LogP contribution is -2.57. The van der Waals surface area contributed by atoms with Gasteiger partial charge in [-0.25, -0.2) is 9.59 Å². The summed E-state index contributed by atoms with van der Waals surface area (Å²) in [6, 6.07) is 14.6. The number of hydrogen-bond donors (Lipinski definition) is 3. The highest BCUT2D eigenvalue weighted by Crippen LogP contribution is 2.45. The molecule has 13 heteroatoms. The lowest BCUT2D eigenvalue weighted by Gasteiger charge is -2.30. The van der Waals surface area contributed by atoms with Crippen molar-refractivity contribution in [2.45, 2.75) is 109 Å². The summed E-state index contributed by atoms with van der Waals surface area (Å²) in [7, 11) is 0. The summed E-state index contributed by atoms with van der Waals surface area (Å²) in [4.78, 5) is 84.7. The van der Waals surface area contributed by atoms with Gasteiger partial charge in [-0.2, -0.15) is 0 Å². The van der Waals surface area contributed by atoms with Crippen molar-refractivity contribution in [3.8, 4) is 0 Å². The van der Waals surface area contributed by atoms with Gasteiger partial charge in [0.05, 0.1) is 13.0 Å². The van der Waals surface area contributed by atoms with Crippen LogP contribution in [0.25, 0.3) is 0 Å². The molecule has 2 fully saturated rings. The average molecular weight is 728 g/mol. The normalized spacial score (nSPS) is 26.4. The molecule has 6 amide bonds. The summed E-state index contributed by atoms with van der Waals surface area (Å²) >= 11 is 0. The summed E-state index contributed by atoms with van der Waals surface area (Å²) < 4.78 is 11.5. The third kappa shape index (κ3) is 9.24. The number of nitrogens with zero attached hydrogens (tertiary/aromatic N) is 2. The van der Waals surface area contributed by atoms with Crippen molar-refractivity contribution in [1.82, 2.24) is 20.4 Å². The number of amides is 6. The van der Waals surface area contributed by atoms with Crippen LogP contribution in [-0.4, -0.2) is 75.4 Å². The number of anilines is 1. The Morgan fingerprint density at radius 1 is 0.943 bits per heavy atom. The molecule has 1 saturated carbocycles. The molecular weight excluding hydrogens is 678 g/mol. The van der Waals surface area contributed by atoms with Crippen molar-refractivity contribution >= 4 is 41.5 Å². The minimum Gasteiger partial charge on any atom is -0.460 e. The number of fused-ring (bicyclic) bond motifs is 3. The van der Waals surface area contributed by atoms with Crippen LogP contribution in [0.2, 0.25) is 0 Å². The smallest absolute Gasteiger partial charge is 0.410 e. The second-order valence-electron chi connectivity index (χ2n) is 15.5. The number of rotatable bonds is 5. The quantitative estimate of drug-likeness (QED) is 0.280. The molecule has 0 spiro atoms. The summed E-state index contributed by atoms with van der Waals surface area (Å²) in [6.45, 7) is 6.00. The monoisotopic (exact) mass is 727 g/mol. The Kier molecular flexibility index (Phi) is 11.2. The van der Waals surface area contributed by atoms with E-state index in [9.17, 15) is 28.8 Å². The van der Waals surface area contributed by atoms with Crippen molar-refractivity contribution in [3.05, 3.63) is 77.9 Å². The van der Waals surface area contributed by atoms with Gasteiger partial charge in [0.15, 0.2) is 0 Å². The summed E-state index contributed by atoms with van der Waals surface area (Å²) in [6.07, 6.45) is 6.04. The molecule has 0 aromatic heterocycles. The minimum absolute atomic E-state index is 0.00401. The second-order valence-corrected chi connectivity index (χ2v) is 15.5. The number of carbonyl (C=O) groups excluding carboxylic acids is 6. The van der Waals surface area contributed by atoms with E-state index < -0.39 is 65.0 Å². The van der Waals surface area contributed by atoms with E-state index in [0.717, 1.165) is 30.4 Å². The molecule has 3 heterocycles. The first-order chi connectivity index (χ1) is 25.3. The maximum Gasteiger partial charge on any atom is 0.410 e. The van der Waals surface area contributed by atoms with E-state index in [4.69, 9.17) is 9.47 Å². The number of esters is 1. The number of allylic oxidation sites excluding steroid dienone is 1. The van der Waals surface area contributed by atoms with E-state index in [1.54, 1.807) is 56.0 Å². The number of urea groups is 1. The van der Waals surface area contributed by atoms with Crippen LogP contribution < -0.4 is 16.0 Å². The van der Waals surface area contributed by atoms with Crippen molar-refractivity contribution in [2.24, 2.45) is 11.8 Å². The fourth-order valence-electron chi connectivity index (χ4n) is 7.46. The van der Waals surface area contributed by atoms with Gasteiger partial charge in [-0.1, -0.05) is 67.5 Å². The van der Waals surface area contributed by atoms with E-state index in [-0.39, 0.29) is 31.7 Å². The molecule has 282 valence electrons. The first-order valence-electron chi connectivity index (χ1n) is 18.5. The molecule has 0 bridgehead atoms. The molecule has 0 radical (unpaired) electrons. The second kappa shape index (κ2) is 15.8. The molecule has 1 saturated heterocycles. The van der Waals surface area contributed by atoms with Crippen LogP contribution in [-0.2, 0) is 41.7 Å². The molecule has 13 nitrogen and oxygen atoms in total. The van der Waals surface area contributed by atoms with E-state index in [2.05, 4.69) is 16.0 Å². The molecule has 53 heavy (non-hydrogen) atoms. The van der Waals surface area contributed by atoms with Crippen LogP contribution >= 0.6 is 0 Å². The Bertz CT molecular complexity index is 1730. The highest BCUT2D eigenvalue weighted by molar-refractivity contribution is 6.07. The highest BCUT2D eigenvalue weighted by Gasteiger charge is 2.61. The lowest BCUT2D eigenvalue weighted by atomic mass is 9.95. The van der Waals surface area contributed by atoms with Gasteiger partial charge in [-0.3, -0.25) is 29.4 Å². The van der Waals surface area contributed by atoms with Gasteiger partial charge in [0.25, 0.3) is 5.91 Å². The number of carbonyl (C=O) groups is 6. The molecule has 6 rings (SSSR count). The molecule has 5 atom stereocenters. The van der Waals surface area contributed by atoms with Crippen LogP contribution in [0.5, 0.6) is 0 Å². The van der Waals surface area contributed by atoms with Gasteiger partial charge >= 0.3 is 18.1 Å². The topological polar surface area (TPSA) is 163 Å². The molecule has 1 aliphatic carbocycles. The number of para-hydroxylation sites is 1. The van der Waals surface area contributed by atoms with Crippen LogP contribution in [0.1, 0.15) is 83.3 Å². The Balaban J connectivity index is 1.23. The first-order valence-corrected chi connectivity index (χ1v) is 18.5. The van der Waals surface area contributed by atoms with E-state index in [1.807, 2.05) is 36.4 Å². The molecule has 0 unspecified atom stereocenters. The number of imide groups is 1. The van der Waals surface area contributed by atoms with Crippen molar-refractivity contribution in [3.63, 3.8) is 0 Å². The van der Waals surface area contributed by atoms with Gasteiger partial charge in [0.2, 0.25) is 11.8 Å². The average Bonchev–Trinajstić information content (AvgIpc) is 3.41. The highest BCUT2D eigenvalue weighted by atomic mass is 16.6. The van der Waals surface area contributed by atoms with Gasteiger partial charge in [-0.05, 0) is 69.7 Å². The molecule has 2 aromatic rings. The van der Waals surface area contributed by atoms with Gasteiger partial charge < -0.3 is 25.0 Å². The Labute approximate surface area is 309 Å². The molecule has 2 aromatic carbocycles. The summed E-state index contributed by atoms with van der Waals surface area (Å²) in [5.41, 5.74) is 0.370. The number of nitrogens with one attached hydrogen (secondary N) is 3. The van der Waals surface area contributed by atoms with Crippen LogP contribution in [0.3, 0.4) is 0 Å². The summed E-state index contributed by atoms with van der Waals surface area (Å²) in [5.74, 6) is -3.35. The zero-order valence-electron chi connectivity index (χ0n) is 30.6.